The van der Waals surface area contributed by atoms with Crippen molar-refractivity contribution < 1.29 is 9.90 Å². The number of nitrogens with zero attached hydrogens (tertiary/aromatic N) is 1. The second-order valence-electron chi connectivity index (χ2n) is 6.62. The van der Waals surface area contributed by atoms with Crippen LogP contribution in [0.25, 0.3) is 0 Å². The Balaban J connectivity index is 1.61. The van der Waals surface area contributed by atoms with Crippen molar-refractivity contribution in [2.24, 2.45) is 11.8 Å². The number of carboxylic acids is 1. The Kier molecular flexibility index (Phi) is 4.48. The molecule has 0 saturated heterocycles. The lowest BCUT2D eigenvalue weighted by Crippen LogP contribution is -2.20. The van der Waals surface area contributed by atoms with Gasteiger partial charge < -0.3 is 10.4 Å². The summed E-state index contributed by atoms with van der Waals surface area (Å²) in [7, 11) is 0. The van der Waals surface area contributed by atoms with Crippen molar-refractivity contribution in [3.63, 3.8) is 0 Å². The minimum Gasteiger partial charge on any atom is -0.481 e. The van der Waals surface area contributed by atoms with Gasteiger partial charge in [-0.3, -0.25) is 4.79 Å². The largest absolute Gasteiger partial charge is 0.481 e. The van der Waals surface area contributed by atoms with E-state index in [0.717, 1.165) is 48.5 Å². The predicted octanol–water partition coefficient (Wildman–Crippen LogP) is 3.89. The smallest absolute Gasteiger partial charge is 0.312 e. The van der Waals surface area contributed by atoms with Gasteiger partial charge >= 0.3 is 5.97 Å². The van der Waals surface area contributed by atoms with Crippen molar-refractivity contribution in [2.45, 2.75) is 57.8 Å². The molecule has 3 rings (SSSR count). The number of thiazole rings is 1. The van der Waals surface area contributed by atoms with Gasteiger partial charge in [-0.05, 0) is 43.9 Å². The Hall–Kier alpha value is -1.10. The summed E-state index contributed by atoms with van der Waals surface area (Å²) >= 11 is 1.66. The fourth-order valence-electron chi connectivity index (χ4n) is 3.50. The van der Waals surface area contributed by atoms with Crippen LogP contribution in [0.2, 0.25) is 0 Å². The zero-order chi connectivity index (χ0) is 14.8. The SMILES string of the molecule is CC1CCC(CNc2nc3c(s2)CCCC3C(=O)O)CC1. The molecule has 0 bridgehead atoms. The molecule has 2 N–H and O–H groups in total. The number of fused-ring (bicyclic) bond motifs is 1. The fourth-order valence-corrected chi connectivity index (χ4v) is 4.57. The molecule has 2 aliphatic rings. The van der Waals surface area contributed by atoms with Crippen LogP contribution in [0.15, 0.2) is 0 Å². The number of nitrogens with one attached hydrogen (secondary N) is 1. The van der Waals surface area contributed by atoms with E-state index in [1.165, 1.54) is 30.6 Å². The number of aromatic nitrogens is 1. The molecule has 1 aromatic rings. The molecule has 116 valence electrons. The second-order valence-corrected chi connectivity index (χ2v) is 7.70. The van der Waals surface area contributed by atoms with Gasteiger partial charge in [0.05, 0.1) is 5.69 Å². The molecule has 21 heavy (non-hydrogen) atoms. The first-order valence-electron chi connectivity index (χ1n) is 8.09. The van der Waals surface area contributed by atoms with Crippen LogP contribution >= 0.6 is 11.3 Å². The Morgan fingerprint density at radius 3 is 2.81 bits per heavy atom. The molecule has 0 amide bonds. The summed E-state index contributed by atoms with van der Waals surface area (Å²) in [5.74, 6) is 0.507. The monoisotopic (exact) mass is 308 g/mol. The van der Waals surface area contributed by atoms with Gasteiger partial charge in [-0.1, -0.05) is 19.8 Å². The summed E-state index contributed by atoms with van der Waals surface area (Å²) in [6.07, 6.45) is 7.95. The van der Waals surface area contributed by atoms with Crippen LogP contribution < -0.4 is 5.32 Å². The van der Waals surface area contributed by atoms with Gasteiger partial charge in [-0.25, -0.2) is 4.98 Å². The highest BCUT2D eigenvalue weighted by Crippen LogP contribution is 2.37. The fraction of sp³-hybridized carbons (Fsp3) is 0.750. The second kappa shape index (κ2) is 6.34. The lowest BCUT2D eigenvalue weighted by atomic mass is 9.83. The average molecular weight is 308 g/mol. The Labute approximate surface area is 130 Å². The van der Waals surface area contributed by atoms with Crippen LogP contribution in [-0.4, -0.2) is 22.6 Å². The Morgan fingerprint density at radius 2 is 2.10 bits per heavy atom. The highest BCUT2D eigenvalue weighted by atomic mass is 32.1. The molecule has 0 aliphatic heterocycles. The van der Waals surface area contributed by atoms with E-state index in [2.05, 4.69) is 17.2 Å². The zero-order valence-corrected chi connectivity index (χ0v) is 13.4. The molecular formula is C16H24N2O2S. The molecule has 0 radical (unpaired) electrons. The molecule has 1 fully saturated rings. The van der Waals surface area contributed by atoms with E-state index < -0.39 is 11.9 Å². The van der Waals surface area contributed by atoms with Crippen molar-refractivity contribution >= 4 is 22.4 Å². The van der Waals surface area contributed by atoms with Crippen molar-refractivity contribution in [3.8, 4) is 0 Å². The van der Waals surface area contributed by atoms with E-state index in [0.29, 0.717) is 0 Å². The minimum absolute atomic E-state index is 0.393. The molecule has 0 spiro atoms. The first-order chi connectivity index (χ1) is 10.1. The van der Waals surface area contributed by atoms with Crippen LogP contribution in [0.1, 0.15) is 61.9 Å². The maximum Gasteiger partial charge on any atom is 0.312 e. The maximum atomic E-state index is 11.3. The van der Waals surface area contributed by atoms with Crippen molar-refractivity contribution in [1.82, 2.24) is 4.98 Å². The summed E-state index contributed by atoms with van der Waals surface area (Å²) in [5, 5.41) is 13.7. The van der Waals surface area contributed by atoms with Gasteiger partial charge in [0, 0.05) is 11.4 Å². The molecule has 1 aromatic heterocycles. The minimum atomic E-state index is -0.728. The number of aryl methyl sites for hydroxylation is 1. The van der Waals surface area contributed by atoms with Crippen LogP contribution in [0.4, 0.5) is 5.13 Å². The number of hydrogen-bond donors (Lipinski definition) is 2. The number of anilines is 1. The summed E-state index contributed by atoms with van der Waals surface area (Å²) in [5.41, 5.74) is 0.818. The molecule has 1 heterocycles. The van der Waals surface area contributed by atoms with Crippen LogP contribution in [-0.2, 0) is 11.2 Å². The normalized spacial score (nSPS) is 28.9. The molecule has 1 saturated carbocycles. The van der Waals surface area contributed by atoms with Gasteiger partial charge in [0.25, 0.3) is 0 Å². The van der Waals surface area contributed by atoms with E-state index in [9.17, 15) is 9.90 Å². The molecule has 1 atom stereocenters. The number of carboxylic acid groups (broad SMARTS) is 1. The number of carbonyl (C=O) groups is 1. The summed E-state index contributed by atoms with van der Waals surface area (Å²) in [6, 6.07) is 0. The van der Waals surface area contributed by atoms with E-state index in [1.54, 1.807) is 11.3 Å². The average Bonchev–Trinajstić information content (AvgIpc) is 2.89. The lowest BCUT2D eigenvalue weighted by molar-refractivity contribution is -0.139. The molecule has 5 heteroatoms. The molecule has 0 aromatic carbocycles. The third-order valence-corrected chi connectivity index (χ3v) is 6.02. The van der Waals surface area contributed by atoms with Crippen molar-refractivity contribution in [1.29, 1.82) is 0 Å². The summed E-state index contributed by atoms with van der Waals surface area (Å²) in [6.45, 7) is 3.32. The topological polar surface area (TPSA) is 62.2 Å². The first kappa shape index (κ1) is 14.8. The highest BCUT2D eigenvalue weighted by Gasteiger charge is 2.30. The molecular weight excluding hydrogens is 284 g/mol. The molecule has 4 nitrogen and oxygen atoms in total. The molecule has 1 unspecified atom stereocenters. The van der Waals surface area contributed by atoms with E-state index in [-0.39, 0.29) is 0 Å². The number of aliphatic carboxylic acids is 1. The van der Waals surface area contributed by atoms with Crippen LogP contribution in [0.3, 0.4) is 0 Å². The standard InChI is InChI=1S/C16H24N2O2S/c1-10-5-7-11(8-6-10)9-17-16-18-14-12(15(19)20)3-2-4-13(14)21-16/h10-12H,2-9H2,1H3,(H,17,18)(H,19,20). The van der Waals surface area contributed by atoms with E-state index in [4.69, 9.17) is 0 Å². The van der Waals surface area contributed by atoms with Crippen molar-refractivity contribution in [2.75, 3.05) is 11.9 Å². The quantitative estimate of drug-likeness (QED) is 0.886. The highest BCUT2D eigenvalue weighted by molar-refractivity contribution is 7.15. The number of rotatable bonds is 4. The van der Waals surface area contributed by atoms with Gasteiger partial charge in [-0.15, -0.1) is 11.3 Å². The third kappa shape index (κ3) is 3.39. The number of hydrogen-bond acceptors (Lipinski definition) is 4. The van der Waals surface area contributed by atoms with Crippen molar-refractivity contribution in [3.05, 3.63) is 10.6 Å². The first-order valence-corrected chi connectivity index (χ1v) is 8.91. The van der Waals surface area contributed by atoms with Gasteiger partial charge in [0.2, 0.25) is 0 Å². The van der Waals surface area contributed by atoms with Gasteiger partial charge in [-0.2, -0.15) is 0 Å². The zero-order valence-electron chi connectivity index (χ0n) is 12.6. The van der Waals surface area contributed by atoms with Crippen LogP contribution in [0, 0.1) is 11.8 Å². The predicted molar refractivity (Wildman–Crippen MR) is 85.0 cm³/mol. The Morgan fingerprint density at radius 1 is 1.33 bits per heavy atom. The van der Waals surface area contributed by atoms with Gasteiger partial charge in [0.15, 0.2) is 5.13 Å². The molecule has 2 aliphatic carbocycles. The van der Waals surface area contributed by atoms with E-state index >= 15 is 0 Å². The van der Waals surface area contributed by atoms with E-state index in [1.807, 2.05) is 0 Å². The summed E-state index contributed by atoms with van der Waals surface area (Å²) < 4.78 is 0. The van der Waals surface area contributed by atoms with Gasteiger partial charge in [0.1, 0.15) is 5.92 Å². The van der Waals surface area contributed by atoms with Crippen LogP contribution in [0.5, 0.6) is 0 Å². The third-order valence-electron chi connectivity index (χ3n) is 4.93. The maximum absolute atomic E-state index is 11.3. The summed E-state index contributed by atoms with van der Waals surface area (Å²) in [4.78, 5) is 17.1. The lowest BCUT2D eigenvalue weighted by Gasteiger charge is -2.26. The Bertz CT molecular complexity index is 506.